The SMILES string of the molecule is C=CCCC(=O)C(Sc1ccccc1)c1ccc(Br)cc1. The number of thioether (sulfide) groups is 1. The first kappa shape index (κ1) is 16.1. The molecule has 21 heavy (non-hydrogen) atoms. The van der Waals surface area contributed by atoms with Crippen LogP contribution in [0.5, 0.6) is 0 Å². The van der Waals surface area contributed by atoms with E-state index in [4.69, 9.17) is 0 Å². The Morgan fingerprint density at radius 2 is 1.81 bits per heavy atom. The Morgan fingerprint density at radius 1 is 1.14 bits per heavy atom. The molecule has 1 nitrogen and oxygen atoms in total. The summed E-state index contributed by atoms with van der Waals surface area (Å²) in [7, 11) is 0. The second-order valence-electron chi connectivity index (χ2n) is 4.66. The van der Waals surface area contributed by atoms with Crippen molar-refractivity contribution in [3.8, 4) is 0 Å². The van der Waals surface area contributed by atoms with Crippen molar-refractivity contribution in [1.29, 1.82) is 0 Å². The van der Waals surface area contributed by atoms with E-state index in [1.165, 1.54) is 0 Å². The van der Waals surface area contributed by atoms with Crippen LogP contribution in [0.15, 0.2) is 76.6 Å². The van der Waals surface area contributed by atoms with Crippen LogP contribution in [-0.2, 0) is 4.79 Å². The lowest BCUT2D eigenvalue weighted by Gasteiger charge is -2.16. The van der Waals surface area contributed by atoms with Crippen LogP contribution in [0.2, 0.25) is 0 Å². The first-order valence-electron chi connectivity index (χ1n) is 6.81. The molecule has 3 heteroatoms. The highest BCUT2D eigenvalue weighted by Crippen LogP contribution is 2.37. The van der Waals surface area contributed by atoms with Crippen molar-refractivity contribution in [2.24, 2.45) is 0 Å². The first-order chi connectivity index (χ1) is 10.2. The maximum Gasteiger partial charge on any atom is 0.150 e. The number of carbonyl (C=O) groups excluding carboxylic acids is 1. The van der Waals surface area contributed by atoms with E-state index in [2.05, 4.69) is 22.5 Å². The molecule has 0 aliphatic rings. The van der Waals surface area contributed by atoms with Gasteiger partial charge in [0.2, 0.25) is 0 Å². The van der Waals surface area contributed by atoms with Crippen molar-refractivity contribution in [2.75, 3.05) is 0 Å². The number of halogens is 1. The number of hydrogen-bond donors (Lipinski definition) is 0. The molecule has 0 aromatic heterocycles. The molecule has 0 saturated heterocycles. The molecule has 0 spiro atoms. The molecule has 0 radical (unpaired) electrons. The number of Topliss-reactive ketones (excluding diaryl/α,β-unsaturated/α-hetero) is 1. The molecule has 0 heterocycles. The fraction of sp³-hybridized carbons (Fsp3) is 0.167. The van der Waals surface area contributed by atoms with Gasteiger partial charge in [0.1, 0.15) is 0 Å². The molecule has 0 aliphatic heterocycles. The molecule has 0 fully saturated rings. The second kappa shape index (κ2) is 8.20. The number of rotatable bonds is 7. The molecule has 0 bridgehead atoms. The topological polar surface area (TPSA) is 17.1 Å². The minimum Gasteiger partial charge on any atom is -0.298 e. The maximum absolute atomic E-state index is 12.5. The minimum atomic E-state index is -0.166. The standard InChI is InChI=1S/C18H17BrOS/c1-2-3-9-17(20)18(14-10-12-15(19)13-11-14)21-16-7-5-4-6-8-16/h2,4-8,10-13,18H,1,3,9H2. The highest BCUT2D eigenvalue weighted by atomic mass is 79.9. The van der Waals surface area contributed by atoms with Crippen molar-refractivity contribution in [3.05, 3.63) is 77.3 Å². The fourth-order valence-corrected chi connectivity index (χ4v) is 3.36. The average Bonchev–Trinajstić information content (AvgIpc) is 2.52. The summed E-state index contributed by atoms with van der Waals surface area (Å²) < 4.78 is 1.02. The summed E-state index contributed by atoms with van der Waals surface area (Å²) in [6.07, 6.45) is 3.05. The molecule has 2 rings (SSSR count). The van der Waals surface area contributed by atoms with Crippen LogP contribution >= 0.6 is 27.7 Å². The van der Waals surface area contributed by atoms with Gasteiger partial charge in [-0.3, -0.25) is 4.79 Å². The molecule has 2 aromatic carbocycles. The van der Waals surface area contributed by atoms with Gasteiger partial charge in [0.05, 0.1) is 5.25 Å². The summed E-state index contributed by atoms with van der Waals surface area (Å²) in [5.41, 5.74) is 1.04. The van der Waals surface area contributed by atoms with E-state index in [0.29, 0.717) is 6.42 Å². The second-order valence-corrected chi connectivity index (χ2v) is 6.75. The predicted octanol–water partition coefficient (Wildman–Crippen LogP) is 5.82. The Hall–Kier alpha value is -1.32. The van der Waals surface area contributed by atoms with Crippen molar-refractivity contribution in [1.82, 2.24) is 0 Å². The largest absolute Gasteiger partial charge is 0.298 e. The van der Waals surface area contributed by atoms with E-state index in [0.717, 1.165) is 21.4 Å². The Kier molecular flexibility index (Phi) is 6.27. The summed E-state index contributed by atoms with van der Waals surface area (Å²) in [6, 6.07) is 18.0. The lowest BCUT2D eigenvalue weighted by atomic mass is 10.1. The highest BCUT2D eigenvalue weighted by molar-refractivity contribution is 9.10. The number of hydrogen-bond acceptors (Lipinski definition) is 2. The average molecular weight is 361 g/mol. The van der Waals surface area contributed by atoms with E-state index >= 15 is 0 Å². The van der Waals surface area contributed by atoms with Gasteiger partial charge in [0.25, 0.3) is 0 Å². The van der Waals surface area contributed by atoms with Gasteiger partial charge < -0.3 is 0 Å². The normalized spacial score (nSPS) is 11.9. The van der Waals surface area contributed by atoms with Crippen LogP contribution in [0.1, 0.15) is 23.7 Å². The van der Waals surface area contributed by atoms with Gasteiger partial charge in [-0.2, -0.15) is 0 Å². The lowest BCUT2D eigenvalue weighted by Crippen LogP contribution is -2.09. The summed E-state index contributed by atoms with van der Waals surface area (Å²) >= 11 is 5.04. The molecular formula is C18H17BrOS. The minimum absolute atomic E-state index is 0.166. The number of ketones is 1. The Bertz CT molecular complexity index is 592. The zero-order valence-corrected chi connectivity index (χ0v) is 14.1. The van der Waals surface area contributed by atoms with Gasteiger partial charge in [0.15, 0.2) is 5.78 Å². The number of benzene rings is 2. The van der Waals surface area contributed by atoms with Crippen molar-refractivity contribution in [2.45, 2.75) is 23.0 Å². The lowest BCUT2D eigenvalue weighted by molar-refractivity contribution is -0.118. The fourth-order valence-electron chi connectivity index (χ4n) is 1.97. The van der Waals surface area contributed by atoms with Crippen LogP contribution in [-0.4, -0.2) is 5.78 Å². The third-order valence-corrected chi connectivity index (χ3v) is 4.90. The van der Waals surface area contributed by atoms with Crippen LogP contribution in [0, 0.1) is 0 Å². The zero-order chi connectivity index (χ0) is 15.1. The summed E-state index contributed by atoms with van der Waals surface area (Å²) in [5, 5.41) is -0.166. The summed E-state index contributed by atoms with van der Waals surface area (Å²) in [6.45, 7) is 3.70. The van der Waals surface area contributed by atoms with Crippen molar-refractivity contribution >= 4 is 33.5 Å². The van der Waals surface area contributed by atoms with Gasteiger partial charge in [0, 0.05) is 15.8 Å². The molecule has 108 valence electrons. The van der Waals surface area contributed by atoms with Crippen LogP contribution in [0.25, 0.3) is 0 Å². The number of carbonyl (C=O) groups is 1. The molecule has 0 saturated carbocycles. The third-order valence-electron chi connectivity index (χ3n) is 3.06. The van der Waals surface area contributed by atoms with E-state index in [1.54, 1.807) is 17.8 Å². The van der Waals surface area contributed by atoms with Crippen LogP contribution < -0.4 is 0 Å². The highest BCUT2D eigenvalue weighted by Gasteiger charge is 2.21. The van der Waals surface area contributed by atoms with Crippen LogP contribution in [0.3, 0.4) is 0 Å². The van der Waals surface area contributed by atoms with Crippen molar-refractivity contribution < 1.29 is 4.79 Å². The third kappa shape index (κ3) is 4.87. The van der Waals surface area contributed by atoms with E-state index in [1.807, 2.05) is 54.6 Å². The van der Waals surface area contributed by atoms with Gasteiger partial charge in [-0.25, -0.2) is 0 Å². The maximum atomic E-state index is 12.5. The molecule has 0 amide bonds. The predicted molar refractivity (Wildman–Crippen MR) is 93.6 cm³/mol. The molecule has 0 N–H and O–H groups in total. The van der Waals surface area contributed by atoms with Gasteiger partial charge in [-0.05, 0) is 36.2 Å². The Labute approximate surface area is 138 Å². The van der Waals surface area contributed by atoms with E-state index < -0.39 is 0 Å². The molecule has 2 aromatic rings. The Balaban J connectivity index is 2.23. The van der Waals surface area contributed by atoms with Crippen molar-refractivity contribution in [3.63, 3.8) is 0 Å². The van der Waals surface area contributed by atoms with Crippen LogP contribution in [0.4, 0.5) is 0 Å². The van der Waals surface area contributed by atoms with E-state index in [-0.39, 0.29) is 11.0 Å². The smallest absolute Gasteiger partial charge is 0.150 e. The van der Waals surface area contributed by atoms with Gasteiger partial charge in [-0.15, -0.1) is 18.3 Å². The monoisotopic (exact) mass is 360 g/mol. The summed E-state index contributed by atoms with van der Waals surface area (Å²) in [4.78, 5) is 13.6. The van der Waals surface area contributed by atoms with Gasteiger partial charge >= 0.3 is 0 Å². The Morgan fingerprint density at radius 3 is 2.43 bits per heavy atom. The zero-order valence-electron chi connectivity index (χ0n) is 11.7. The molecule has 1 unspecified atom stereocenters. The first-order valence-corrected chi connectivity index (χ1v) is 8.49. The molecule has 1 atom stereocenters. The summed E-state index contributed by atoms with van der Waals surface area (Å²) in [5.74, 6) is 0.242. The number of allylic oxidation sites excluding steroid dienone is 1. The molecule has 0 aliphatic carbocycles. The molecular weight excluding hydrogens is 344 g/mol. The van der Waals surface area contributed by atoms with E-state index in [9.17, 15) is 4.79 Å². The van der Waals surface area contributed by atoms with Gasteiger partial charge in [-0.1, -0.05) is 52.3 Å². The quantitative estimate of drug-likeness (QED) is 0.457.